The molecule has 1 amide bonds. The van der Waals surface area contributed by atoms with E-state index in [1.807, 2.05) is 6.07 Å². The van der Waals surface area contributed by atoms with Crippen molar-refractivity contribution in [3.63, 3.8) is 0 Å². The molecule has 0 unspecified atom stereocenters. The zero-order chi connectivity index (χ0) is 14.1. The average Bonchev–Trinajstić information content (AvgIpc) is 2.88. The van der Waals surface area contributed by atoms with Gasteiger partial charge in [-0.25, -0.2) is 0 Å². The van der Waals surface area contributed by atoms with Gasteiger partial charge in [-0.3, -0.25) is 4.79 Å². The van der Waals surface area contributed by atoms with Gasteiger partial charge < -0.3 is 16.2 Å². The van der Waals surface area contributed by atoms with Crippen LogP contribution in [0.4, 0.5) is 5.69 Å². The molecule has 20 heavy (non-hydrogen) atoms. The van der Waals surface area contributed by atoms with E-state index in [2.05, 4.69) is 12.1 Å². The highest BCUT2D eigenvalue weighted by molar-refractivity contribution is 5.98. The Labute approximate surface area is 117 Å². The standard InChI is InChI=1S/C16H16N2O2/c17-15-7-6-13(9-14(15)16(18)19)20-12-5-4-10-2-1-3-11(10)8-12/h4-9H,1-3,17H2,(H2,18,19). The second-order valence-electron chi connectivity index (χ2n) is 5.00. The highest BCUT2D eigenvalue weighted by Crippen LogP contribution is 2.30. The number of carbonyl (C=O) groups is 1. The quantitative estimate of drug-likeness (QED) is 0.840. The Morgan fingerprint density at radius 3 is 2.50 bits per heavy atom. The number of carbonyl (C=O) groups excluding carboxylic acids is 1. The van der Waals surface area contributed by atoms with Gasteiger partial charge in [0.2, 0.25) is 0 Å². The summed E-state index contributed by atoms with van der Waals surface area (Å²) in [5, 5.41) is 0. The zero-order valence-corrected chi connectivity index (χ0v) is 11.1. The van der Waals surface area contributed by atoms with Crippen LogP contribution in [-0.4, -0.2) is 5.91 Å². The van der Waals surface area contributed by atoms with E-state index in [9.17, 15) is 4.79 Å². The van der Waals surface area contributed by atoms with E-state index in [0.29, 0.717) is 11.4 Å². The second kappa shape index (κ2) is 4.89. The smallest absolute Gasteiger partial charge is 0.250 e. The second-order valence-corrected chi connectivity index (χ2v) is 5.00. The summed E-state index contributed by atoms with van der Waals surface area (Å²) >= 11 is 0. The van der Waals surface area contributed by atoms with Crippen LogP contribution in [0.2, 0.25) is 0 Å². The topological polar surface area (TPSA) is 78.3 Å². The Hall–Kier alpha value is -2.49. The van der Waals surface area contributed by atoms with E-state index in [-0.39, 0.29) is 5.56 Å². The summed E-state index contributed by atoms with van der Waals surface area (Å²) in [7, 11) is 0. The fourth-order valence-electron chi connectivity index (χ4n) is 2.56. The van der Waals surface area contributed by atoms with Gasteiger partial charge in [-0.2, -0.15) is 0 Å². The van der Waals surface area contributed by atoms with E-state index >= 15 is 0 Å². The first-order chi connectivity index (χ1) is 9.63. The van der Waals surface area contributed by atoms with E-state index in [4.69, 9.17) is 16.2 Å². The monoisotopic (exact) mass is 268 g/mol. The Balaban J connectivity index is 1.88. The highest BCUT2D eigenvalue weighted by Gasteiger charge is 2.12. The maximum absolute atomic E-state index is 11.3. The summed E-state index contributed by atoms with van der Waals surface area (Å²) in [6, 6.07) is 11.0. The molecule has 0 heterocycles. The lowest BCUT2D eigenvalue weighted by Crippen LogP contribution is -2.13. The summed E-state index contributed by atoms with van der Waals surface area (Å²) in [6.07, 6.45) is 3.44. The van der Waals surface area contributed by atoms with Crippen LogP contribution in [-0.2, 0) is 12.8 Å². The number of aryl methyl sites for hydroxylation is 2. The summed E-state index contributed by atoms with van der Waals surface area (Å²) in [5.41, 5.74) is 14.4. The lowest BCUT2D eigenvalue weighted by molar-refractivity contribution is 0.100. The van der Waals surface area contributed by atoms with E-state index in [0.717, 1.165) is 18.6 Å². The summed E-state index contributed by atoms with van der Waals surface area (Å²) in [5.74, 6) is 0.777. The third-order valence-corrected chi connectivity index (χ3v) is 3.60. The zero-order valence-electron chi connectivity index (χ0n) is 11.1. The van der Waals surface area contributed by atoms with Gasteiger partial charge in [-0.15, -0.1) is 0 Å². The molecule has 0 aromatic heterocycles. The lowest BCUT2D eigenvalue weighted by Gasteiger charge is -2.09. The largest absolute Gasteiger partial charge is 0.457 e. The lowest BCUT2D eigenvalue weighted by atomic mass is 10.1. The Morgan fingerprint density at radius 1 is 1.00 bits per heavy atom. The molecular formula is C16H16N2O2. The number of ether oxygens (including phenoxy) is 1. The molecule has 0 fully saturated rings. The molecule has 3 rings (SSSR count). The Morgan fingerprint density at radius 2 is 1.70 bits per heavy atom. The van der Waals surface area contributed by atoms with Crippen LogP contribution >= 0.6 is 0 Å². The van der Waals surface area contributed by atoms with Gasteiger partial charge in [0, 0.05) is 5.69 Å². The molecule has 4 nitrogen and oxygen atoms in total. The van der Waals surface area contributed by atoms with Crippen molar-refractivity contribution in [2.75, 3.05) is 5.73 Å². The minimum absolute atomic E-state index is 0.281. The maximum Gasteiger partial charge on any atom is 0.250 e. The summed E-state index contributed by atoms with van der Waals surface area (Å²) < 4.78 is 5.79. The Kier molecular flexibility index (Phi) is 3.06. The predicted octanol–water partition coefficient (Wildman–Crippen LogP) is 2.65. The third kappa shape index (κ3) is 2.32. The first kappa shape index (κ1) is 12.5. The van der Waals surface area contributed by atoms with Crippen LogP contribution in [0.1, 0.15) is 27.9 Å². The van der Waals surface area contributed by atoms with Gasteiger partial charge in [-0.05, 0) is 60.7 Å². The predicted molar refractivity (Wildman–Crippen MR) is 77.9 cm³/mol. The van der Waals surface area contributed by atoms with Crippen molar-refractivity contribution in [2.24, 2.45) is 5.73 Å². The number of fused-ring (bicyclic) bond motifs is 1. The van der Waals surface area contributed by atoms with E-state index in [1.54, 1.807) is 18.2 Å². The van der Waals surface area contributed by atoms with Crippen LogP contribution in [0, 0.1) is 0 Å². The van der Waals surface area contributed by atoms with Gasteiger partial charge in [-0.1, -0.05) is 6.07 Å². The van der Waals surface area contributed by atoms with Crippen molar-refractivity contribution >= 4 is 11.6 Å². The number of amides is 1. The summed E-state index contributed by atoms with van der Waals surface area (Å²) in [6.45, 7) is 0. The average molecular weight is 268 g/mol. The highest BCUT2D eigenvalue weighted by atomic mass is 16.5. The van der Waals surface area contributed by atoms with Crippen LogP contribution in [0.3, 0.4) is 0 Å². The normalized spacial score (nSPS) is 13.0. The van der Waals surface area contributed by atoms with E-state index in [1.165, 1.54) is 17.5 Å². The fourth-order valence-corrected chi connectivity index (χ4v) is 2.56. The van der Waals surface area contributed by atoms with Gasteiger partial charge in [0.15, 0.2) is 0 Å². The third-order valence-electron chi connectivity index (χ3n) is 3.60. The number of benzene rings is 2. The van der Waals surface area contributed by atoms with Crippen molar-refractivity contribution in [3.05, 3.63) is 53.1 Å². The first-order valence-corrected chi connectivity index (χ1v) is 6.62. The van der Waals surface area contributed by atoms with Crippen LogP contribution in [0.25, 0.3) is 0 Å². The minimum atomic E-state index is -0.554. The van der Waals surface area contributed by atoms with Gasteiger partial charge in [0.25, 0.3) is 5.91 Å². The molecule has 0 saturated carbocycles. The molecule has 2 aromatic rings. The molecule has 2 aromatic carbocycles. The first-order valence-electron chi connectivity index (χ1n) is 6.62. The van der Waals surface area contributed by atoms with Gasteiger partial charge in [0.1, 0.15) is 11.5 Å². The van der Waals surface area contributed by atoms with Crippen molar-refractivity contribution < 1.29 is 9.53 Å². The molecule has 0 radical (unpaired) electrons. The van der Waals surface area contributed by atoms with Crippen molar-refractivity contribution in [1.29, 1.82) is 0 Å². The number of primary amides is 1. The number of hydrogen-bond acceptors (Lipinski definition) is 3. The molecular weight excluding hydrogens is 252 g/mol. The molecule has 1 aliphatic carbocycles. The number of nitrogens with two attached hydrogens (primary N) is 2. The van der Waals surface area contributed by atoms with Crippen molar-refractivity contribution in [2.45, 2.75) is 19.3 Å². The molecule has 4 N–H and O–H groups in total. The number of hydrogen-bond donors (Lipinski definition) is 2. The molecule has 1 aliphatic rings. The number of anilines is 1. The van der Waals surface area contributed by atoms with Crippen molar-refractivity contribution in [1.82, 2.24) is 0 Å². The van der Waals surface area contributed by atoms with Crippen LogP contribution in [0.5, 0.6) is 11.5 Å². The van der Waals surface area contributed by atoms with Crippen LogP contribution < -0.4 is 16.2 Å². The molecule has 0 aliphatic heterocycles. The molecule has 0 spiro atoms. The number of rotatable bonds is 3. The molecule has 0 atom stereocenters. The minimum Gasteiger partial charge on any atom is -0.457 e. The van der Waals surface area contributed by atoms with Crippen molar-refractivity contribution in [3.8, 4) is 11.5 Å². The van der Waals surface area contributed by atoms with Crippen LogP contribution in [0.15, 0.2) is 36.4 Å². The van der Waals surface area contributed by atoms with Gasteiger partial charge >= 0.3 is 0 Å². The number of nitrogen functional groups attached to an aromatic ring is 1. The van der Waals surface area contributed by atoms with Gasteiger partial charge in [0.05, 0.1) is 5.56 Å². The SMILES string of the molecule is NC(=O)c1cc(Oc2ccc3c(c2)CCC3)ccc1N. The summed E-state index contributed by atoms with van der Waals surface area (Å²) in [4.78, 5) is 11.3. The molecule has 102 valence electrons. The van der Waals surface area contributed by atoms with E-state index < -0.39 is 5.91 Å². The fraction of sp³-hybridized carbons (Fsp3) is 0.188. The molecule has 0 bridgehead atoms. The Bertz CT molecular complexity index is 680. The maximum atomic E-state index is 11.3. The molecule has 4 heteroatoms. The molecule has 0 saturated heterocycles.